The molecule has 1 saturated heterocycles. The summed E-state index contributed by atoms with van der Waals surface area (Å²) >= 11 is 5.63. The van der Waals surface area contributed by atoms with E-state index in [1.165, 1.54) is 24.0 Å². The van der Waals surface area contributed by atoms with Crippen LogP contribution in [0.4, 0.5) is 17.6 Å². The number of rotatable bonds is 6. The summed E-state index contributed by atoms with van der Waals surface area (Å²) < 4.78 is 6.01. The molecule has 0 bridgehead atoms. The summed E-state index contributed by atoms with van der Waals surface area (Å²) in [6.07, 6.45) is 3.36. The third-order valence-corrected chi connectivity index (χ3v) is 7.88. The Morgan fingerprint density at radius 1 is 0.897 bits per heavy atom. The van der Waals surface area contributed by atoms with Crippen LogP contribution in [0.1, 0.15) is 36.7 Å². The van der Waals surface area contributed by atoms with Crippen LogP contribution in [0, 0.1) is 5.92 Å². The largest absolute Gasteiger partial charge is 0.459 e. The van der Waals surface area contributed by atoms with Gasteiger partial charge in [-0.05, 0) is 60.7 Å². The normalized spacial score (nSPS) is 15.6. The van der Waals surface area contributed by atoms with Gasteiger partial charge in [-0.15, -0.1) is 0 Å². The minimum absolute atomic E-state index is 0.465. The van der Waals surface area contributed by atoms with Gasteiger partial charge in [0.2, 0.25) is 5.95 Å². The molecule has 0 saturated carbocycles. The van der Waals surface area contributed by atoms with E-state index in [1.807, 2.05) is 42.5 Å². The molecule has 1 fully saturated rings. The first-order valence-corrected chi connectivity index (χ1v) is 14.2. The van der Waals surface area contributed by atoms with Crippen molar-refractivity contribution < 1.29 is 4.42 Å². The molecular weight excluding hydrogens is 504 g/mol. The zero-order valence-electron chi connectivity index (χ0n) is 22.3. The monoisotopic (exact) mass is 538 g/mol. The van der Waals surface area contributed by atoms with Crippen LogP contribution >= 0.6 is 12.2 Å². The van der Waals surface area contributed by atoms with Crippen molar-refractivity contribution in [2.75, 3.05) is 34.8 Å². The van der Waals surface area contributed by atoms with Crippen LogP contribution in [-0.4, -0.2) is 34.7 Å². The molecule has 200 valence electrons. The highest BCUT2D eigenvalue weighted by Gasteiger charge is 2.22. The van der Waals surface area contributed by atoms with Crippen molar-refractivity contribution in [1.82, 2.24) is 15.3 Å². The highest BCUT2D eigenvalue weighted by atomic mass is 32.1. The molecule has 4 heterocycles. The lowest BCUT2D eigenvalue weighted by Gasteiger charge is -2.33. The van der Waals surface area contributed by atoms with E-state index in [1.54, 1.807) is 0 Å². The molecule has 0 unspecified atom stereocenters. The highest BCUT2D eigenvalue weighted by molar-refractivity contribution is 7.80. The van der Waals surface area contributed by atoms with E-state index in [9.17, 15) is 0 Å². The van der Waals surface area contributed by atoms with Gasteiger partial charge in [-0.25, -0.2) is 0 Å². The summed E-state index contributed by atoms with van der Waals surface area (Å²) in [5.74, 6) is 4.79. The van der Waals surface area contributed by atoms with E-state index in [0.29, 0.717) is 17.6 Å². The Morgan fingerprint density at radius 2 is 1.62 bits per heavy atom. The molecule has 0 aliphatic carbocycles. The first-order valence-electron chi connectivity index (χ1n) is 13.8. The van der Waals surface area contributed by atoms with Gasteiger partial charge in [-0.1, -0.05) is 61.5 Å². The summed E-state index contributed by atoms with van der Waals surface area (Å²) in [6.45, 7) is 6.57. The second-order valence-corrected chi connectivity index (χ2v) is 10.9. The van der Waals surface area contributed by atoms with Gasteiger partial charge in [0.25, 0.3) is 0 Å². The molecule has 8 heteroatoms. The number of anilines is 3. The van der Waals surface area contributed by atoms with Gasteiger partial charge in [-0.2, -0.15) is 9.97 Å². The highest BCUT2D eigenvalue weighted by Crippen LogP contribution is 2.29. The molecule has 7 nitrogen and oxygen atoms in total. The Balaban J connectivity index is 1.17. The van der Waals surface area contributed by atoms with Gasteiger partial charge in [0.05, 0.1) is 6.54 Å². The van der Waals surface area contributed by atoms with Crippen LogP contribution in [0.25, 0.3) is 11.3 Å². The van der Waals surface area contributed by atoms with Gasteiger partial charge in [-0.3, -0.25) is 0 Å². The quantitative estimate of drug-likeness (QED) is 0.289. The molecule has 2 aromatic heterocycles. The fourth-order valence-electron chi connectivity index (χ4n) is 5.27. The lowest BCUT2D eigenvalue weighted by atomic mass is 9.99. The van der Waals surface area contributed by atoms with Crippen molar-refractivity contribution >= 4 is 34.9 Å². The standard InChI is InChI=1S/C31H34N6OS/c1-22-13-16-36(17-14-22)28-19-29(37-18-15-23-7-5-6-10-25(23)21-37)34-30(33-28)35-31(39)32-20-26-11-12-27(38-26)24-8-3-2-4-9-24/h2-12,19,22H,13-18,20-21H2,1H3,(H2,32,33,34,35,39). The molecule has 0 spiro atoms. The van der Waals surface area contributed by atoms with E-state index in [0.717, 1.165) is 67.2 Å². The zero-order chi connectivity index (χ0) is 26.6. The van der Waals surface area contributed by atoms with Crippen LogP contribution in [0.5, 0.6) is 0 Å². The lowest BCUT2D eigenvalue weighted by molar-refractivity contribution is 0.436. The average Bonchev–Trinajstić information content (AvgIpc) is 3.46. The Kier molecular flexibility index (Phi) is 7.45. The predicted molar refractivity (Wildman–Crippen MR) is 161 cm³/mol. The van der Waals surface area contributed by atoms with Crippen molar-refractivity contribution in [2.24, 2.45) is 5.92 Å². The third kappa shape index (κ3) is 6.06. The van der Waals surface area contributed by atoms with E-state index >= 15 is 0 Å². The first kappa shape index (κ1) is 25.4. The van der Waals surface area contributed by atoms with Gasteiger partial charge < -0.3 is 24.9 Å². The molecule has 39 heavy (non-hydrogen) atoms. The van der Waals surface area contributed by atoms with Crippen molar-refractivity contribution in [3.05, 3.63) is 89.7 Å². The van der Waals surface area contributed by atoms with E-state index in [2.05, 4.69) is 57.7 Å². The Bertz CT molecular complexity index is 1430. The molecule has 2 aliphatic rings. The number of benzene rings is 2. The Hall–Kier alpha value is -3.91. The first-order chi connectivity index (χ1) is 19.1. The van der Waals surface area contributed by atoms with Gasteiger partial charge >= 0.3 is 0 Å². The maximum absolute atomic E-state index is 6.01. The van der Waals surface area contributed by atoms with Crippen LogP contribution in [0.3, 0.4) is 0 Å². The SMILES string of the molecule is CC1CCN(c2cc(N3CCc4ccccc4C3)nc(NC(=S)NCc3ccc(-c4ccccc4)o3)n2)CC1. The number of hydrogen-bond donors (Lipinski definition) is 2. The summed E-state index contributed by atoms with van der Waals surface area (Å²) in [7, 11) is 0. The minimum Gasteiger partial charge on any atom is -0.459 e. The molecular formula is C31H34N6OS. The number of thiocarbonyl (C=S) groups is 1. The fourth-order valence-corrected chi connectivity index (χ4v) is 5.44. The minimum atomic E-state index is 0.465. The van der Waals surface area contributed by atoms with Crippen molar-refractivity contribution in [1.29, 1.82) is 0 Å². The number of aromatic nitrogens is 2. The molecule has 4 aromatic rings. The number of hydrogen-bond acceptors (Lipinski definition) is 6. The molecule has 0 radical (unpaired) electrons. The second kappa shape index (κ2) is 11.5. The van der Waals surface area contributed by atoms with Crippen LogP contribution in [-0.2, 0) is 19.5 Å². The lowest BCUT2D eigenvalue weighted by Crippen LogP contribution is -2.35. The van der Waals surface area contributed by atoms with E-state index in [4.69, 9.17) is 26.6 Å². The van der Waals surface area contributed by atoms with E-state index in [-0.39, 0.29) is 0 Å². The zero-order valence-corrected chi connectivity index (χ0v) is 23.1. The van der Waals surface area contributed by atoms with Crippen molar-refractivity contribution in [3.63, 3.8) is 0 Å². The second-order valence-electron chi connectivity index (χ2n) is 10.5. The van der Waals surface area contributed by atoms with Crippen LogP contribution in [0.15, 0.2) is 77.2 Å². The van der Waals surface area contributed by atoms with Gasteiger partial charge in [0.15, 0.2) is 5.11 Å². The number of nitrogens with one attached hydrogen (secondary N) is 2. The summed E-state index contributed by atoms with van der Waals surface area (Å²) in [4.78, 5) is 14.5. The Labute approximate surface area is 235 Å². The molecule has 2 aromatic carbocycles. The van der Waals surface area contributed by atoms with Crippen molar-refractivity contribution in [3.8, 4) is 11.3 Å². The fraction of sp³-hybridized carbons (Fsp3) is 0.323. The summed E-state index contributed by atoms with van der Waals surface area (Å²) in [5, 5.41) is 6.95. The Morgan fingerprint density at radius 3 is 2.41 bits per heavy atom. The van der Waals surface area contributed by atoms with Gasteiger partial charge in [0, 0.05) is 37.8 Å². The molecule has 2 N–H and O–H groups in total. The smallest absolute Gasteiger partial charge is 0.232 e. The van der Waals surface area contributed by atoms with Crippen molar-refractivity contribution in [2.45, 2.75) is 39.3 Å². The van der Waals surface area contributed by atoms with Crippen LogP contribution in [0.2, 0.25) is 0 Å². The summed E-state index contributed by atoms with van der Waals surface area (Å²) in [5.41, 5.74) is 3.83. The maximum Gasteiger partial charge on any atom is 0.232 e. The molecule has 0 atom stereocenters. The third-order valence-electron chi connectivity index (χ3n) is 7.63. The number of furan rings is 1. The molecule has 2 aliphatic heterocycles. The van der Waals surface area contributed by atoms with Gasteiger partial charge in [0.1, 0.15) is 23.2 Å². The molecule has 6 rings (SSSR count). The average molecular weight is 539 g/mol. The number of piperidine rings is 1. The molecule has 0 amide bonds. The van der Waals surface area contributed by atoms with Crippen LogP contribution < -0.4 is 20.4 Å². The number of fused-ring (bicyclic) bond motifs is 1. The predicted octanol–water partition coefficient (Wildman–Crippen LogP) is 6.02. The number of nitrogens with zero attached hydrogens (tertiary/aromatic N) is 4. The summed E-state index contributed by atoms with van der Waals surface area (Å²) in [6, 6.07) is 24.8. The topological polar surface area (TPSA) is 69.5 Å². The maximum atomic E-state index is 6.01. The van der Waals surface area contributed by atoms with E-state index < -0.39 is 0 Å².